The Bertz CT molecular complexity index is 374. The quantitative estimate of drug-likeness (QED) is 0.812. The summed E-state index contributed by atoms with van der Waals surface area (Å²) in [5.41, 5.74) is -0.271. The number of urea groups is 1. The lowest BCUT2D eigenvalue weighted by Gasteiger charge is -2.37. The van der Waals surface area contributed by atoms with Gasteiger partial charge in [-0.2, -0.15) is 0 Å². The molecule has 1 saturated carbocycles. The van der Waals surface area contributed by atoms with E-state index in [9.17, 15) is 9.59 Å². The van der Waals surface area contributed by atoms with Crippen molar-refractivity contribution in [2.45, 2.75) is 51.0 Å². The van der Waals surface area contributed by atoms with Crippen LogP contribution in [0.1, 0.15) is 44.9 Å². The number of hydrogen-bond acceptors (Lipinski definition) is 3. The third-order valence-corrected chi connectivity index (χ3v) is 4.83. The molecule has 120 valence electrons. The highest BCUT2D eigenvalue weighted by molar-refractivity contribution is 5.74. The lowest BCUT2D eigenvalue weighted by molar-refractivity contribution is -0.140. The van der Waals surface area contributed by atoms with Gasteiger partial charge in [-0.05, 0) is 24.7 Å². The molecule has 2 N–H and O–H groups in total. The van der Waals surface area contributed by atoms with Crippen molar-refractivity contribution in [2.24, 2.45) is 5.41 Å². The number of carbonyl (C=O) groups is 2. The molecule has 1 heterocycles. The first-order valence-electron chi connectivity index (χ1n) is 7.83. The van der Waals surface area contributed by atoms with Crippen LogP contribution in [0.3, 0.4) is 0 Å². The van der Waals surface area contributed by atoms with Gasteiger partial charge in [-0.15, -0.1) is 0 Å². The Balaban J connectivity index is 1.88. The first kappa shape index (κ1) is 16.1. The molecule has 1 saturated heterocycles. The third kappa shape index (κ3) is 4.33. The van der Waals surface area contributed by atoms with Crippen LogP contribution in [0.15, 0.2) is 0 Å². The fraction of sp³-hybridized carbons (Fsp3) is 0.867. The van der Waals surface area contributed by atoms with Crippen molar-refractivity contribution in [1.29, 1.82) is 0 Å². The van der Waals surface area contributed by atoms with Gasteiger partial charge in [0.1, 0.15) is 0 Å². The van der Waals surface area contributed by atoms with Crippen LogP contribution in [-0.2, 0) is 9.53 Å². The minimum absolute atomic E-state index is 0.124. The van der Waals surface area contributed by atoms with Gasteiger partial charge in [-0.25, -0.2) is 4.79 Å². The van der Waals surface area contributed by atoms with E-state index < -0.39 is 5.97 Å². The zero-order valence-corrected chi connectivity index (χ0v) is 12.8. The van der Waals surface area contributed by atoms with Crippen molar-refractivity contribution in [2.75, 3.05) is 26.8 Å². The molecule has 2 fully saturated rings. The first-order chi connectivity index (χ1) is 10.0. The SMILES string of the molecule is CN(C(=O)NCC1(CC(=O)O)CCCCC1)C1CCOC1. The summed E-state index contributed by atoms with van der Waals surface area (Å²) < 4.78 is 5.30. The molecule has 2 rings (SSSR count). The fourth-order valence-electron chi connectivity index (χ4n) is 3.42. The Morgan fingerprint density at radius 3 is 2.62 bits per heavy atom. The molecule has 0 spiro atoms. The minimum atomic E-state index is -0.774. The standard InChI is InChI=1S/C15H26N2O4/c1-17(12-5-8-21-10-12)14(20)16-11-15(9-13(18)19)6-3-2-4-7-15/h12H,2-11H2,1H3,(H,16,20)(H,18,19). The van der Waals surface area contributed by atoms with Crippen LogP contribution >= 0.6 is 0 Å². The van der Waals surface area contributed by atoms with E-state index in [2.05, 4.69) is 5.32 Å². The van der Waals surface area contributed by atoms with Crippen LogP contribution in [0.25, 0.3) is 0 Å². The maximum Gasteiger partial charge on any atom is 0.317 e. The van der Waals surface area contributed by atoms with Gasteiger partial charge in [0.2, 0.25) is 0 Å². The van der Waals surface area contributed by atoms with Gasteiger partial charge in [0, 0.05) is 20.2 Å². The van der Waals surface area contributed by atoms with Gasteiger partial charge in [-0.1, -0.05) is 19.3 Å². The average molecular weight is 298 g/mol. The lowest BCUT2D eigenvalue weighted by Crippen LogP contribution is -2.48. The maximum absolute atomic E-state index is 12.2. The smallest absolute Gasteiger partial charge is 0.317 e. The van der Waals surface area contributed by atoms with E-state index in [0.29, 0.717) is 19.8 Å². The van der Waals surface area contributed by atoms with Crippen LogP contribution in [0.5, 0.6) is 0 Å². The van der Waals surface area contributed by atoms with E-state index in [4.69, 9.17) is 9.84 Å². The highest BCUT2D eigenvalue weighted by atomic mass is 16.5. The number of hydrogen-bond donors (Lipinski definition) is 2. The van der Waals surface area contributed by atoms with E-state index in [1.54, 1.807) is 11.9 Å². The van der Waals surface area contributed by atoms with E-state index in [0.717, 1.165) is 38.5 Å². The zero-order chi connectivity index (χ0) is 15.3. The zero-order valence-electron chi connectivity index (χ0n) is 12.8. The van der Waals surface area contributed by atoms with Crippen LogP contribution < -0.4 is 5.32 Å². The molecule has 21 heavy (non-hydrogen) atoms. The average Bonchev–Trinajstić information content (AvgIpc) is 2.98. The fourth-order valence-corrected chi connectivity index (χ4v) is 3.42. The maximum atomic E-state index is 12.2. The molecule has 6 heteroatoms. The topological polar surface area (TPSA) is 78.9 Å². The van der Waals surface area contributed by atoms with E-state index in [1.807, 2.05) is 0 Å². The van der Waals surface area contributed by atoms with Crippen molar-refractivity contribution < 1.29 is 19.4 Å². The highest BCUT2D eigenvalue weighted by Crippen LogP contribution is 2.38. The summed E-state index contributed by atoms with van der Waals surface area (Å²) in [6.45, 7) is 1.74. The number of amides is 2. The number of ether oxygens (including phenoxy) is 1. The summed E-state index contributed by atoms with van der Waals surface area (Å²) in [6.07, 6.45) is 6.04. The van der Waals surface area contributed by atoms with Gasteiger partial charge in [0.25, 0.3) is 0 Å². The predicted octanol–water partition coefficient (Wildman–Crippen LogP) is 1.84. The van der Waals surface area contributed by atoms with E-state index >= 15 is 0 Å². The lowest BCUT2D eigenvalue weighted by atomic mass is 9.72. The van der Waals surface area contributed by atoms with Gasteiger partial charge in [-0.3, -0.25) is 4.79 Å². The molecule has 0 radical (unpaired) electrons. The largest absolute Gasteiger partial charge is 0.481 e. The van der Waals surface area contributed by atoms with Crippen molar-refractivity contribution in [3.05, 3.63) is 0 Å². The van der Waals surface area contributed by atoms with Crippen LogP contribution in [0, 0.1) is 5.41 Å². The predicted molar refractivity (Wildman–Crippen MR) is 78.2 cm³/mol. The summed E-state index contributed by atoms with van der Waals surface area (Å²) in [4.78, 5) is 25.0. The summed E-state index contributed by atoms with van der Waals surface area (Å²) >= 11 is 0. The molecule has 0 bridgehead atoms. The first-order valence-corrected chi connectivity index (χ1v) is 7.83. The molecule has 2 aliphatic rings. The second-order valence-corrected chi connectivity index (χ2v) is 6.42. The number of nitrogens with zero attached hydrogens (tertiary/aromatic N) is 1. The van der Waals surface area contributed by atoms with Crippen LogP contribution in [-0.4, -0.2) is 54.9 Å². The second kappa shape index (κ2) is 7.11. The monoisotopic (exact) mass is 298 g/mol. The number of nitrogens with one attached hydrogen (secondary N) is 1. The second-order valence-electron chi connectivity index (χ2n) is 6.42. The van der Waals surface area contributed by atoms with Gasteiger partial charge in [0.05, 0.1) is 19.1 Å². The molecule has 1 unspecified atom stereocenters. The van der Waals surface area contributed by atoms with Crippen molar-refractivity contribution in [3.8, 4) is 0 Å². The molecule has 1 aliphatic heterocycles. The Kier molecular flexibility index (Phi) is 5.45. The molecule has 2 amide bonds. The molecule has 1 atom stereocenters. The van der Waals surface area contributed by atoms with Gasteiger partial charge < -0.3 is 20.1 Å². The molecular formula is C15H26N2O4. The summed E-state index contributed by atoms with van der Waals surface area (Å²) in [5.74, 6) is -0.774. The summed E-state index contributed by atoms with van der Waals surface area (Å²) in [5, 5.41) is 12.1. The Morgan fingerprint density at radius 2 is 2.05 bits per heavy atom. The number of aliphatic carboxylic acids is 1. The highest BCUT2D eigenvalue weighted by Gasteiger charge is 2.35. The minimum Gasteiger partial charge on any atom is -0.481 e. The molecule has 0 aromatic heterocycles. The Morgan fingerprint density at radius 1 is 1.33 bits per heavy atom. The number of rotatable bonds is 5. The molecular weight excluding hydrogens is 272 g/mol. The third-order valence-electron chi connectivity index (χ3n) is 4.83. The number of carboxylic acid groups (broad SMARTS) is 1. The van der Waals surface area contributed by atoms with Crippen molar-refractivity contribution >= 4 is 12.0 Å². The number of carboxylic acids is 1. The Labute approximate surface area is 125 Å². The normalized spacial score (nSPS) is 24.5. The van der Waals surface area contributed by atoms with Crippen molar-refractivity contribution in [1.82, 2.24) is 10.2 Å². The van der Waals surface area contributed by atoms with E-state index in [-0.39, 0.29) is 23.9 Å². The van der Waals surface area contributed by atoms with E-state index in [1.165, 1.54) is 0 Å². The molecule has 1 aliphatic carbocycles. The van der Waals surface area contributed by atoms with Gasteiger partial charge >= 0.3 is 12.0 Å². The summed E-state index contributed by atoms with van der Waals surface area (Å²) in [7, 11) is 1.78. The molecule has 6 nitrogen and oxygen atoms in total. The summed E-state index contributed by atoms with van der Waals surface area (Å²) in [6, 6.07) is 0.00705. The molecule has 0 aromatic rings. The van der Waals surface area contributed by atoms with Gasteiger partial charge in [0.15, 0.2) is 0 Å². The Hall–Kier alpha value is -1.30. The molecule has 0 aromatic carbocycles. The number of carbonyl (C=O) groups excluding carboxylic acids is 1. The van der Waals surface area contributed by atoms with Crippen LogP contribution in [0.4, 0.5) is 4.79 Å². The number of likely N-dealkylation sites (N-methyl/N-ethyl adjacent to an activating group) is 1. The van der Waals surface area contributed by atoms with Crippen LogP contribution in [0.2, 0.25) is 0 Å². The van der Waals surface area contributed by atoms with Crippen molar-refractivity contribution in [3.63, 3.8) is 0 Å².